The summed E-state index contributed by atoms with van der Waals surface area (Å²) in [5.41, 5.74) is 5.98. The number of imidazole rings is 1. The van der Waals surface area contributed by atoms with Crippen LogP contribution < -0.4 is 10.6 Å². The second-order valence-electron chi connectivity index (χ2n) is 10.4. The van der Waals surface area contributed by atoms with E-state index in [4.69, 9.17) is 9.97 Å². The van der Waals surface area contributed by atoms with Crippen LogP contribution in [0.5, 0.6) is 5.75 Å². The van der Waals surface area contributed by atoms with Crippen LogP contribution in [-0.2, 0) is 4.79 Å². The van der Waals surface area contributed by atoms with Gasteiger partial charge in [0.1, 0.15) is 17.1 Å². The second-order valence-corrected chi connectivity index (χ2v) is 10.4. The van der Waals surface area contributed by atoms with Crippen molar-refractivity contribution < 1.29 is 14.3 Å². The van der Waals surface area contributed by atoms with E-state index in [1.807, 2.05) is 18.2 Å². The van der Waals surface area contributed by atoms with E-state index in [2.05, 4.69) is 35.8 Å². The summed E-state index contributed by atoms with van der Waals surface area (Å²) in [7, 11) is 0. The minimum absolute atomic E-state index is 0.0198. The number of phenolic OH excluding ortho intramolecular Hbond substituents is 1. The van der Waals surface area contributed by atoms with Crippen molar-refractivity contribution >= 4 is 33.7 Å². The zero-order valence-corrected chi connectivity index (χ0v) is 22.4. The number of nitrogens with zero attached hydrogens (tertiary/aromatic N) is 5. The number of piperidine rings is 1. The standard InChI is InChI=1S/C30H26FN9O2/c31-19-8-17(10-21(41)11-19)22-14-34-15-25-27(22)38-30(37-25)29-28-24(39-40-29)2-1-23(36-28)18-9-20(13-33-12-18)35-26(42)7-16-3-5-32-6-4-16/h1-2,8-16,32,41H,3-7H2,(H,35,42)(H,37,38)(H,39,40). The highest BCUT2D eigenvalue weighted by atomic mass is 19.1. The van der Waals surface area contributed by atoms with Crippen molar-refractivity contribution in [3.63, 3.8) is 0 Å². The first-order chi connectivity index (χ1) is 20.5. The van der Waals surface area contributed by atoms with Crippen molar-refractivity contribution in [3.05, 3.63) is 67.0 Å². The molecule has 12 heteroatoms. The summed E-state index contributed by atoms with van der Waals surface area (Å²) in [6, 6.07) is 9.42. The fourth-order valence-corrected chi connectivity index (χ4v) is 5.42. The molecule has 6 aromatic rings. The summed E-state index contributed by atoms with van der Waals surface area (Å²) in [6.45, 7) is 1.89. The molecule has 5 aromatic heterocycles. The molecular formula is C30H26FN9O2. The van der Waals surface area contributed by atoms with E-state index in [0.717, 1.165) is 37.6 Å². The maximum atomic E-state index is 14.0. The van der Waals surface area contributed by atoms with E-state index < -0.39 is 5.82 Å². The van der Waals surface area contributed by atoms with Crippen LogP contribution in [0, 0.1) is 11.7 Å². The summed E-state index contributed by atoms with van der Waals surface area (Å²) < 4.78 is 14.0. The Morgan fingerprint density at radius 2 is 1.81 bits per heavy atom. The summed E-state index contributed by atoms with van der Waals surface area (Å²) >= 11 is 0. The Balaban J connectivity index is 1.20. The van der Waals surface area contributed by atoms with Crippen LogP contribution in [0.25, 0.3) is 56.0 Å². The largest absolute Gasteiger partial charge is 0.508 e. The molecule has 210 valence electrons. The molecule has 1 aromatic carbocycles. The first-order valence-electron chi connectivity index (χ1n) is 13.7. The van der Waals surface area contributed by atoms with Crippen LogP contribution in [0.15, 0.2) is 61.2 Å². The van der Waals surface area contributed by atoms with E-state index in [1.165, 1.54) is 12.1 Å². The minimum atomic E-state index is -0.562. The molecule has 0 saturated carbocycles. The highest BCUT2D eigenvalue weighted by Crippen LogP contribution is 2.33. The first-order valence-corrected chi connectivity index (χ1v) is 13.7. The number of aromatic nitrogens is 7. The third-order valence-corrected chi connectivity index (χ3v) is 7.47. The molecule has 0 spiro atoms. The fourth-order valence-electron chi connectivity index (χ4n) is 5.42. The van der Waals surface area contributed by atoms with Crippen LogP contribution >= 0.6 is 0 Å². The maximum absolute atomic E-state index is 14.0. The molecule has 7 rings (SSSR count). The number of halogens is 1. The lowest BCUT2D eigenvalue weighted by Gasteiger charge is -2.21. The van der Waals surface area contributed by atoms with E-state index in [-0.39, 0.29) is 11.7 Å². The van der Waals surface area contributed by atoms with Crippen LogP contribution in [0.2, 0.25) is 0 Å². The van der Waals surface area contributed by atoms with Gasteiger partial charge in [-0.3, -0.25) is 19.9 Å². The molecule has 1 saturated heterocycles. The molecular weight excluding hydrogens is 537 g/mol. The fraction of sp³-hybridized carbons (Fsp3) is 0.200. The van der Waals surface area contributed by atoms with Gasteiger partial charge in [-0.05, 0) is 67.7 Å². The van der Waals surface area contributed by atoms with Gasteiger partial charge in [0.05, 0.1) is 40.3 Å². The quantitative estimate of drug-likeness (QED) is 0.193. The van der Waals surface area contributed by atoms with E-state index in [0.29, 0.717) is 68.4 Å². The van der Waals surface area contributed by atoms with E-state index in [1.54, 1.807) is 24.8 Å². The van der Waals surface area contributed by atoms with E-state index in [9.17, 15) is 14.3 Å². The summed E-state index contributed by atoms with van der Waals surface area (Å²) in [5.74, 6) is 0.0684. The Morgan fingerprint density at radius 1 is 0.952 bits per heavy atom. The number of aromatic hydroxyl groups is 1. The zero-order chi connectivity index (χ0) is 28.6. The summed E-state index contributed by atoms with van der Waals surface area (Å²) in [4.78, 5) is 34.1. The molecule has 1 aliphatic heterocycles. The van der Waals surface area contributed by atoms with Gasteiger partial charge in [0.15, 0.2) is 11.5 Å². The number of H-pyrrole nitrogens is 2. The lowest BCUT2D eigenvalue weighted by molar-refractivity contribution is -0.117. The second kappa shape index (κ2) is 10.6. The predicted molar refractivity (Wildman–Crippen MR) is 156 cm³/mol. The van der Waals surface area contributed by atoms with Crippen molar-refractivity contribution in [2.75, 3.05) is 18.4 Å². The normalized spacial score (nSPS) is 14.0. The molecule has 1 fully saturated rings. The van der Waals surface area contributed by atoms with Crippen molar-refractivity contribution in [2.24, 2.45) is 5.92 Å². The number of benzene rings is 1. The smallest absolute Gasteiger partial charge is 0.224 e. The number of phenols is 1. The van der Waals surface area contributed by atoms with E-state index >= 15 is 0 Å². The number of carbonyl (C=O) groups excluding carboxylic acids is 1. The number of fused-ring (bicyclic) bond motifs is 2. The van der Waals surface area contributed by atoms with Crippen LogP contribution in [-0.4, -0.2) is 59.2 Å². The Labute approximate surface area is 238 Å². The molecule has 5 N–H and O–H groups in total. The Kier molecular flexibility index (Phi) is 6.51. The van der Waals surface area contributed by atoms with Gasteiger partial charge >= 0.3 is 0 Å². The first kappa shape index (κ1) is 25.7. The Morgan fingerprint density at radius 3 is 2.67 bits per heavy atom. The number of hydrogen-bond donors (Lipinski definition) is 5. The highest BCUT2D eigenvalue weighted by Gasteiger charge is 2.19. The zero-order valence-electron chi connectivity index (χ0n) is 22.4. The van der Waals surface area contributed by atoms with Gasteiger partial charge in [0, 0.05) is 36.0 Å². The van der Waals surface area contributed by atoms with Gasteiger partial charge in [-0.2, -0.15) is 5.10 Å². The van der Waals surface area contributed by atoms with Crippen molar-refractivity contribution in [1.82, 2.24) is 40.4 Å². The van der Waals surface area contributed by atoms with Crippen LogP contribution in [0.1, 0.15) is 19.3 Å². The number of carbonyl (C=O) groups is 1. The number of amides is 1. The highest BCUT2D eigenvalue weighted by molar-refractivity contribution is 5.96. The number of pyridine rings is 3. The molecule has 0 atom stereocenters. The lowest BCUT2D eigenvalue weighted by atomic mass is 9.94. The average Bonchev–Trinajstić information content (AvgIpc) is 3.61. The van der Waals surface area contributed by atoms with Gasteiger partial charge in [-0.15, -0.1) is 0 Å². The molecule has 1 aliphatic rings. The number of nitrogens with one attached hydrogen (secondary N) is 4. The molecule has 11 nitrogen and oxygen atoms in total. The van der Waals surface area contributed by atoms with Crippen molar-refractivity contribution in [1.29, 1.82) is 0 Å². The predicted octanol–water partition coefficient (Wildman–Crippen LogP) is 4.80. The Bertz CT molecular complexity index is 1920. The number of rotatable bonds is 6. The maximum Gasteiger partial charge on any atom is 0.224 e. The molecule has 42 heavy (non-hydrogen) atoms. The van der Waals surface area contributed by atoms with Crippen molar-refractivity contribution in [3.8, 4) is 39.7 Å². The SMILES string of the molecule is O=C(CC1CCNCC1)Nc1cncc(-c2ccc3[nH]nc(-c4nc5c(-c6cc(O)cc(F)c6)cncc5[nH]4)c3n2)c1. The molecule has 0 aliphatic carbocycles. The van der Waals surface area contributed by atoms with Crippen LogP contribution in [0.3, 0.4) is 0 Å². The van der Waals surface area contributed by atoms with Crippen molar-refractivity contribution in [2.45, 2.75) is 19.3 Å². The third kappa shape index (κ3) is 5.03. The Hall–Kier alpha value is -5.23. The lowest BCUT2D eigenvalue weighted by Crippen LogP contribution is -2.30. The molecule has 0 unspecified atom stereocenters. The molecule has 0 radical (unpaired) electrons. The number of hydrogen-bond acceptors (Lipinski definition) is 8. The summed E-state index contributed by atoms with van der Waals surface area (Å²) in [6.07, 6.45) is 9.02. The number of aromatic amines is 2. The van der Waals surface area contributed by atoms with Gasteiger partial charge in [0.2, 0.25) is 5.91 Å². The van der Waals surface area contributed by atoms with Crippen LogP contribution in [0.4, 0.5) is 10.1 Å². The third-order valence-electron chi connectivity index (χ3n) is 7.47. The van der Waals surface area contributed by atoms with Gasteiger partial charge in [-0.25, -0.2) is 14.4 Å². The van der Waals surface area contributed by atoms with Gasteiger partial charge in [-0.1, -0.05) is 0 Å². The molecule has 1 amide bonds. The molecule has 0 bridgehead atoms. The minimum Gasteiger partial charge on any atom is -0.508 e. The topological polar surface area (TPSA) is 157 Å². The summed E-state index contributed by atoms with van der Waals surface area (Å²) in [5, 5.41) is 23.7. The number of anilines is 1. The monoisotopic (exact) mass is 563 g/mol. The average molecular weight is 564 g/mol. The van der Waals surface area contributed by atoms with Gasteiger partial charge < -0.3 is 20.7 Å². The molecule has 6 heterocycles. The van der Waals surface area contributed by atoms with Gasteiger partial charge in [0.25, 0.3) is 0 Å².